The predicted octanol–water partition coefficient (Wildman–Crippen LogP) is 3.10. The van der Waals surface area contributed by atoms with Crippen LogP contribution in [0.15, 0.2) is 54.7 Å². The van der Waals surface area contributed by atoms with Crippen LogP contribution in [-0.4, -0.2) is 16.5 Å². The van der Waals surface area contributed by atoms with E-state index >= 15 is 0 Å². The number of nitrogens with zero attached hydrogens (tertiary/aromatic N) is 2. The number of nitrogens with one attached hydrogen (secondary N) is 1. The van der Waals surface area contributed by atoms with E-state index in [1.54, 1.807) is 12.3 Å². The third-order valence-corrected chi connectivity index (χ3v) is 3.33. The molecule has 0 amide bonds. The molecule has 3 aromatic rings. The minimum Gasteiger partial charge on any atom is -0.311 e. The van der Waals surface area contributed by atoms with E-state index in [0.29, 0.717) is 19.5 Å². The van der Waals surface area contributed by atoms with Gasteiger partial charge in [-0.1, -0.05) is 30.3 Å². The lowest BCUT2D eigenvalue weighted by atomic mass is 10.1. The molecule has 0 aliphatic heterocycles. The molecule has 0 saturated carbocycles. The van der Waals surface area contributed by atoms with Gasteiger partial charge in [0.25, 0.3) is 0 Å². The fourth-order valence-electron chi connectivity index (χ4n) is 2.22. The van der Waals surface area contributed by atoms with Crippen molar-refractivity contribution in [3.8, 4) is 0 Å². The first-order valence-electron chi connectivity index (χ1n) is 6.98. The van der Waals surface area contributed by atoms with Gasteiger partial charge >= 0.3 is 0 Å². The van der Waals surface area contributed by atoms with Gasteiger partial charge in [-0.3, -0.25) is 4.98 Å². The zero-order valence-electron chi connectivity index (χ0n) is 11.6. The SMILES string of the molecule is Fc1ccccc1CCNCc1cnc2ccccc2n1. The molecule has 21 heavy (non-hydrogen) atoms. The Hall–Kier alpha value is -2.33. The first-order chi connectivity index (χ1) is 10.3. The lowest BCUT2D eigenvalue weighted by Gasteiger charge is -2.06. The van der Waals surface area contributed by atoms with Gasteiger partial charge in [-0.2, -0.15) is 0 Å². The van der Waals surface area contributed by atoms with Gasteiger partial charge in [0.2, 0.25) is 0 Å². The molecule has 0 spiro atoms. The fraction of sp³-hybridized carbons (Fsp3) is 0.176. The Kier molecular flexibility index (Phi) is 4.17. The second-order valence-corrected chi connectivity index (χ2v) is 4.87. The van der Waals surface area contributed by atoms with E-state index in [0.717, 1.165) is 22.3 Å². The van der Waals surface area contributed by atoms with Gasteiger partial charge in [0.1, 0.15) is 5.82 Å². The Morgan fingerprint density at radius 1 is 0.952 bits per heavy atom. The Morgan fingerprint density at radius 2 is 1.71 bits per heavy atom. The second-order valence-electron chi connectivity index (χ2n) is 4.87. The molecule has 0 aliphatic rings. The highest BCUT2D eigenvalue weighted by molar-refractivity contribution is 5.73. The van der Waals surface area contributed by atoms with Crippen molar-refractivity contribution in [2.75, 3.05) is 6.54 Å². The van der Waals surface area contributed by atoms with Crippen molar-refractivity contribution in [1.82, 2.24) is 15.3 Å². The van der Waals surface area contributed by atoms with Crippen molar-refractivity contribution in [1.29, 1.82) is 0 Å². The van der Waals surface area contributed by atoms with Crippen LogP contribution in [0.3, 0.4) is 0 Å². The van der Waals surface area contributed by atoms with Gasteiger partial charge in [0, 0.05) is 6.54 Å². The van der Waals surface area contributed by atoms with Gasteiger partial charge in [-0.05, 0) is 36.7 Å². The van der Waals surface area contributed by atoms with E-state index in [9.17, 15) is 4.39 Å². The van der Waals surface area contributed by atoms with Crippen molar-refractivity contribution >= 4 is 11.0 Å². The van der Waals surface area contributed by atoms with E-state index in [2.05, 4.69) is 15.3 Å². The quantitative estimate of drug-likeness (QED) is 0.730. The first kappa shape index (κ1) is 13.6. The number of aromatic nitrogens is 2. The minimum absolute atomic E-state index is 0.148. The normalized spacial score (nSPS) is 10.9. The average molecular weight is 281 g/mol. The van der Waals surface area contributed by atoms with Crippen LogP contribution < -0.4 is 5.32 Å². The molecule has 2 aromatic carbocycles. The molecule has 0 aliphatic carbocycles. The monoisotopic (exact) mass is 281 g/mol. The summed E-state index contributed by atoms with van der Waals surface area (Å²) >= 11 is 0. The molecule has 0 saturated heterocycles. The van der Waals surface area contributed by atoms with E-state index < -0.39 is 0 Å². The summed E-state index contributed by atoms with van der Waals surface area (Å²) in [7, 11) is 0. The summed E-state index contributed by atoms with van der Waals surface area (Å²) in [4.78, 5) is 8.91. The molecule has 3 rings (SSSR count). The van der Waals surface area contributed by atoms with Crippen LogP contribution >= 0.6 is 0 Å². The molecule has 0 radical (unpaired) electrons. The standard InChI is InChI=1S/C17H16FN3/c18-15-6-2-1-5-13(15)9-10-19-11-14-12-20-16-7-3-4-8-17(16)21-14/h1-8,12,19H,9-11H2. The zero-order valence-corrected chi connectivity index (χ0v) is 11.6. The van der Waals surface area contributed by atoms with Gasteiger partial charge in [0.15, 0.2) is 0 Å². The Balaban J connectivity index is 1.56. The van der Waals surface area contributed by atoms with E-state index in [-0.39, 0.29) is 5.82 Å². The molecule has 0 bridgehead atoms. The number of halogens is 1. The molecule has 106 valence electrons. The molecule has 3 nitrogen and oxygen atoms in total. The van der Waals surface area contributed by atoms with Gasteiger partial charge in [-0.15, -0.1) is 0 Å². The third-order valence-electron chi connectivity index (χ3n) is 3.33. The largest absolute Gasteiger partial charge is 0.311 e. The summed E-state index contributed by atoms with van der Waals surface area (Å²) in [6, 6.07) is 14.7. The number of para-hydroxylation sites is 2. The fourth-order valence-corrected chi connectivity index (χ4v) is 2.22. The smallest absolute Gasteiger partial charge is 0.126 e. The molecule has 1 N–H and O–H groups in total. The van der Waals surface area contributed by atoms with E-state index in [1.165, 1.54) is 6.07 Å². The Morgan fingerprint density at radius 3 is 2.57 bits per heavy atom. The zero-order chi connectivity index (χ0) is 14.5. The van der Waals surface area contributed by atoms with Crippen molar-refractivity contribution in [2.24, 2.45) is 0 Å². The van der Waals surface area contributed by atoms with Crippen LogP contribution in [-0.2, 0) is 13.0 Å². The van der Waals surface area contributed by atoms with Crippen molar-refractivity contribution in [2.45, 2.75) is 13.0 Å². The van der Waals surface area contributed by atoms with Crippen LogP contribution in [0.5, 0.6) is 0 Å². The lowest BCUT2D eigenvalue weighted by Crippen LogP contribution is -2.18. The topological polar surface area (TPSA) is 37.8 Å². The number of hydrogen-bond donors (Lipinski definition) is 1. The van der Waals surface area contributed by atoms with Crippen molar-refractivity contribution < 1.29 is 4.39 Å². The molecule has 0 atom stereocenters. The minimum atomic E-state index is -0.148. The van der Waals surface area contributed by atoms with Gasteiger partial charge in [0.05, 0.1) is 22.9 Å². The van der Waals surface area contributed by atoms with Crippen LogP contribution in [0, 0.1) is 5.82 Å². The van der Waals surface area contributed by atoms with E-state index in [4.69, 9.17) is 0 Å². The first-order valence-corrected chi connectivity index (χ1v) is 6.98. The average Bonchev–Trinajstić information content (AvgIpc) is 2.53. The number of fused-ring (bicyclic) bond motifs is 1. The van der Waals surface area contributed by atoms with Crippen LogP contribution in [0.1, 0.15) is 11.3 Å². The summed E-state index contributed by atoms with van der Waals surface area (Å²) in [5, 5.41) is 3.27. The number of rotatable bonds is 5. The van der Waals surface area contributed by atoms with Crippen LogP contribution in [0.2, 0.25) is 0 Å². The molecular weight excluding hydrogens is 265 g/mol. The molecule has 1 heterocycles. The Bertz CT molecular complexity index is 743. The molecule has 1 aromatic heterocycles. The second kappa shape index (κ2) is 6.41. The highest BCUT2D eigenvalue weighted by Crippen LogP contribution is 2.09. The highest BCUT2D eigenvalue weighted by atomic mass is 19.1. The lowest BCUT2D eigenvalue weighted by molar-refractivity contribution is 0.596. The molecule has 4 heteroatoms. The number of benzene rings is 2. The maximum absolute atomic E-state index is 13.5. The molecule has 0 fully saturated rings. The van der Waals surface area contributed by atoms with Crippen molar-refractivity contribution in [3.63, 3.8) is 0 Å². The summed E-state index contributed by atoms with van der Waals surface area (Å²) < 4.78 is 13.5. The molecular formula is C17H16FN3. The number of hydrogen-bond acceptors (Lipinski definition) is 3. The maximum atomic E-state index is 13.5. The summed E-state index contributed by atoms with van der Waals surface area (Å²) in [6.07, 6.45) is 2.44. The maximum Gasteiger partial charge on any atom is 0.126 e. The van der Waals surface area contributed by atoms with Crippen LogP contribution in [0.4, 0.5) is 4.39 Å². The van der Waals surface area contributed by atoms with Gasteiger partial charge in [-0.25, -0.2) is 9.37 Å². The van der Waals surface area contributed by atoms with Crippen LogP contribution in [0.25, 0.3) is 11.0 Å². The Labute approximate surface area is 122 Å². The summed E-state index contributed by atoms with van der Waals surface area (Å²) in [5.41, 5.74) is 3.41. The van der Waals surface area contributed by atoms with E-state index in [1.807, 2.05) is 36.4 Å². The summed E-state index contributed by atoms with van der Waals surface area (Å²) in [6.45, 7) is 1.34. The molecule has 0 unspecified atom stereocenters. The predicted molar refractivity (Wildman–Crippen MR) is 81.3 cm³/mol. The highest BCUT2D eigenvalue weighted by Gasteiger charge is 2.01. The van der Waals surface area contributed by atoms with Crippen molar-refractivity contribution in [3.05, 3.63) is 71.8 Å². The van der Waals surface area contributed by atoms with Gasteiger partial charge < -0.3 is 5.32 Å². The summed E-state index contributed by atoms with van der Waals surface area (Å²) in [5.74, 6) is -0.148. The third kappa shape index (κ3) is 3.41.